The lowest BCUT2D eigenvalue weighted by molar-refractivity contribution is 0.107. The average Bonchev–Trinajstić information content (AvgIpc) is 3.16. The number of rotatable bonds is 2. The second kappa shape index (κ2) is 5.91. The molecular weight excluding hydrogens is 280 g/mol. The molecule has 1 aromatic rings. The number of aryl methyl sites for hydroxylation is 1. The number of likely N-dealkylation sites (tertiary alicyclic amines) is 1. The molecule has 3 heteroatoms. The molecular formula is C18H25ClN2. The van der Waals surface area contributed by atoms with Crippen molar-refractivity contribution in [2.24, 2.45) is 5.92 Å². The molecule has 2 aliphatic heterocycles. The third kappa shape index (κ3) is 2.74. The van der Waals surface area contributed by atoms with Crippen LogP contribution in [-0.4, -0.2) is 30.6 Å². The summed E-state index contributed by atoms with van der Waals surface area (Å²) in [6.45, 7) is 3.78. The first kappa shape index (κ1) is 14.0. The fourth-order valence-corrected chi connectivity index (χ4v) is 4.90. The van der Waals surface area contributed by atoms with E-state index in [1.807, 2.05) is 0 Å². The Morgan fingerprint density at radius 2 is 2.10 bits per heavy atom. The highest BCUT2D eigenvalue weighted by atomic mass is 35.5. The van der Waals surface area contributed by atoms with Crippen LogP contribution in [0, 0.1) is 5.92 Å². The molecule has 3 unspecified atom stereocenters. The lowest BCUT2D eigenvalue weighted by atomic mass is 9.88. The van der Waals surface area contributed by atoms with Crippen molar-refractivity contribution in [2.45, 2.75) is 50.6 Å². The summed E-state index contributed by atoms with van der Waals surface area (Å²) in [5.41, 5.74) is 3.02. The summed E-state index contributed by atoms with van der Waals surface area (Å²) >= 11 is 6.14. The molecule has 21 heavy (non-hydrogen) atoms. The molecule has 0 aromatic heterocycles. The zero-order valence-electron chi connectivity index (χ0n) is 12.7. The molecule has 3 aliphatic rings. The third-order valence-electron chi connectivity index (χ3n) is 5.75. The van der Waals surface area contributed by atoms with Gasteiger partial charge in [-0.15, -0.1) is 0 Å². The highest BCUT2D eigenvalue weighted by Gasteiger charge is 2.34. The fourth-order valence-electron chi connectivity index (χ4n) is 4.71. The average molecular weight is 305 g/mol. The number of halogens is 1. The summed E-state index contributed by atoms with van der Waals surface area (Å²) in [6.07, 6.45) is 8.00. The Labute approximate surface area is 132 Å². The minimum Gasteiger partial charge on any atom is -0.314 e. The van der Waals surface area contributed by atoms with E-state index in [4.69, 9.17) is 11.6 Å². The Bertz CT molecular complexity index is 510. The first-order valence-electron chi connectivity index (χ1n) is 8.57. The number of fused-ring (bicyclic) bond motifs is 1. The molecule has 0 spiro atoms. The summed E-state index contributed by atoms with van der Waals surface area (Å²) in [7, 11) is 0. The van der Waals surface area contributed by atoms with E-state index < -0.39 is 0 Å². The normalized spacial score (nSPS) is 33.3. The van der Waals surface area contributed by atoms with Gasteiger partial charge in [0.1, 0.15) is 0 Å². The van der Waals surface area contributed by atoms with E-state index in [1.54, 1.807) is 5.56 Å². The number of hydrogen-bond acceptors (Lipinski definition) is 2. The molecule has 4 rings (SSSR count). The van der Waals surface area contributed by atoms with E-state index in [0.717, 1.165) is 17.0 Å². The van der Waals surface area contributed by atoms with Crippen LogP contribution in [0.25, 0.3) is 0 Å². The Hall–Kier alpha value is -0.570. The molecule has 2 fully saturated rings. The summed E-state index contributed by atoms with van der Waals surface area (Å²) in [5.74, 6) is 0.859. The van der Waals surface area contributed by atoms with Crippen molar-refractivity contribution in [2.75, 3.05) is 19.6 Å². The number of nitrogens with one attached hydrogen (secondary N) is 1. The van der Waals surface area contributed by atoms with Crippen LogP contribution in [0.1, 0.15) is 49.3 Å². The number of hydrogen-bond donors (Lipinski definition) is 1. The number of nitrogens with zero attached hydrogens (tertiary/aromatic N) is 1. The van der Waals surface area contributed by atoms with E-state index in [0.29, 0.717) is 6.04 Å². The molecule has 114 valence electrons. The predicted octanol–water partition coefficient (Wildman–Crippen LogP) is 3.79. The van der Waals surface area contributed by atoms with Gasteiger partial charge >= 0.3 is 0 Å². The van der Waals surface area contributed by atoms with Gasteiger partial charge in [-0.3, -0.25) is 4.90 Å². The van der Waals surface area contributed by atoms with Crippen molar-refractivity contribution in [1.82, 2.24) is 10.2 Å². The maximum Gasteiger partial charge on any atom is 0.0408 e. The van der Waals surface area contributed by atoms with Gasteiger partial charge in [-0.05, 0) is 80.8 Å². The molecule has 0 amide bonds. The van der Waals surface area contributed by atoms with Gasteiger partial charge in [-0.1, -0.05) is 17.7 Å². The molecule has 1 aliphatic carbocycles. The number of benzene rings is 1. The molecule has 1 N–H and O–H groups in total. The first-order chi connectivity index (χ1) is 10.3. The van der Waals surface area contributed by atoms with Gasteiger partial charge in [0.25, 0.3) is 0 Å². The molecule has 0 radical (unpaired) electrons. The van der Waals surface area contributed by atoms with Gasteiger partial charge < -0.3 is 5.32 Å². The molecule has 1 aromatic carbocycles. The number of piperidine rings is 1. The zero-order chi connectivity index (χ0) is 14.2. The quantitative estimate of drug-likeness (QED) is 0.894. The van der Waals surface area contributed by atoms with E-state index in [-0.39, 0.29) is 0 Å². The van der Waals surface area contributed by atoms with E-state index in [2.05, 4.69) is 28.4 Å². The molecule has 2 heterocycles. The minimum absolute atomic E-state index is 0.640. The van der Waals surface area contributed by atoms with Crippen LogP contribution in [0.3, 0.4) is 0 Å². The second-order valence-corrected chi connectivity index (χ2v) is 7.43. The van der Waals surface area contributed by atoms with Crippen molar-refractivity contribution < 1.29 is 0 Å². The van der Waals surface area contributed by atoms with Crippen LogP contribution in [0.15, 0.2) is 18.2 Å². The van der Waals surface area contributed by atoms with Gasteiger partial charge in [0.05, 0.1) is 0 Å². The lowest BCUT2D eigenvalue weighted by Crippen LogP contribution is -2.44. The highest BCUT2D eigenvalue weighted by molar-refractivity contribution is 6.30. The Morgan fingerprint density at radius 3 is 2.95 bits per heavy atom. The molecule has 2 nitrogen and oxygen atoms in total. The van der Waals surface area contributed by atoms with Gasteiger partial charge in [-0.25, -0.2) is 0 Å². The van der Waals surface area contributed by atoms with Crippen molar-refractivity contribution in [1.29, 1.82) is 0 Å². The van der Waals surface area contributed by atoms with Crippen LogP contribution in [0.4, 0.5) is 0 Å². The van der Waals surface area contributed by atoms with Gasteiger partial charge in [0.15, 0.2) is 0 Å². The van der Waals surface area contributed by atoms with E-state index in [1.165, 1.54) is 63.7 Å². The second-order valence-electron chi connectivity index (χ2n) is 7.00. The predicted molar refractivity (Wildman–Crippen MR) is 87.8 cm³/mol. The lowest BCUT2D eigenvalue weighted by Gasteiger charge is -2.39. The van der Waals surface area contributed by atoms with Crippen LogP contribution < -0.4 is 5.32 Å². The first-order valence-corrected chi connectivity index (χ1v) is 8.95. The fraction of sp³-hybridized carbons (Fsp3) is 0.667. The Kier molecular flexibility index (Phi) is 3.95. The molecule has 2 saturated heterocycles. The van der Waals surface area contributed by atoms with Crippen molar-refractivity contribution >= 4 is 11.6 Å². The Balaban J connectivity index is 1.49. The van der Waals surface area contributed by atoms with Gasteiger partial charge in [-0.2, -0.15) is 0 Å². The maximum absolute atomic E-state index is 6.14. The molecule has 0 bridgehead atoms. The summed E-state index contributed by atoms with van der Waals surface area (Å²) in [4.78, 5) is 2.76. The van der Waals surface area contributed by atoms with Crippen molar-refractivity contribution in [3.63, 3.8) is 0 Å². The zero-order valence-corrected chi connectivity index (χ0v) is 13.4. The monoisotopic (exact) mass is 304 g/mol. The van der Waals surface area contributed by atoms with Crippen LogP contribution in [0.2, 0.25) is 5.02 Å². The molecule has 3 atom stereocenters. The standard InChI is InChI=1S/C18H25ClN2/c19-15-6-7-16-13(11-15)5-8-18(16)21-10-2-3-14(12-21)17-4-1-9-20-17/h6-7,11,14,17-18,20H,1-5,8-10,12H2. The largest absolute Gasteiger partial charge is 0.314 e. The van der Waals surface area contributed by atoms with E-state index >= 15 is 0 Å². The van der Waals surface area contributed by atoms with Crippen LogP contribution in [0.5, 0.6) is 0 Å². The van der Waals surface area contributed by atoms with Gasteiger partial charge in [0.2, 0.25) is 0 Å². The summed E-state index contributed by atoms with van der Waals surface area (Å²) < 4.78 is 0. The van der Waals surface area contributed by atoms with Crippen molar-refractivity contribution in [3.8, 4) is 0 Å². The van der Waals surface area contributed by atoms with E-state index in [9.17, 15) is 0 Å². The molecule has 0 saturated carbocycles. The summed E-state index contributed by atoms with van der Waals surface area (Å²) in [5, 5.41) is 4.61. The Morgan fingerprint density at radius 1 is 1.14 bits per heavy atom. The van der Waals surface area contributed by atoms with Gasteiger partial charge in [0, 0.05) is 23.7 Å². The smallest absolute Gasteiger partial charge is 0.0408 e. The topological polar surface area (TPSA) is 15.3 Å². The van der Waals surface area contributed by atoms with Crippen molar-refractivity contribution in [3.05, 3.63) is 34.3 Å². The summed E-state index contributed by atoms with van der Waals surface area (Å²) in [6, 6.07) is 7.93. The SMILES string of the molecule is Clc1ccc2c(c1)CCC2N1CCCC(C2CCCN2)C1. The van der Waals surface area contributed by atoms with Crippen LogP contribution in [-0.2, 0) is 6.42 Å². The maximum atomic E-state index is 6.14. The minimum atomic E-state index is 0.640. The third-order valence-corrected chi connectivity index (χ3v) is 5.98. The van der Waals surface area contributed by atoms with Crippen LogP contribution >= 0.6 is 11.6 Å². The highest BCUT2D eigenvalue weighted by Crippen LogP contribution is 2.39.